The van der Waals surface area contributed by atoms with E-state index in [4.69, 9.17) is 4.74 Å². The minimum absolute atomic E-state index is 0.110. The van der Waals surface area contributed by atoms with Crippen molar-refractivity contribution in [2.45, 2.75) is 25.7 Å². The van der Waals surface area contributed by atoms with Crippen molar-refractivity contribution in [1.29, 1.82) is 0 Å². The number of likely N-dealkylation sites (tertiary alicyclic amines) is 2. The number of aromatic nitrogens is 1. The Balaban J connectivity index is 1.30. The molecule has 3 aliphatic rings. The van der Waals surface area contributed by atoms with Gasteiger partial charge < -0.3 is 14.5 Å². The fourth-order valence-corrected chi connectivity index (χ4v) is 4.87. The van der Waals surface area contributed by atoms with Gasteiger partial charge in [0.25, 0.3) is 5.91 Å². The van der Waals surface area contributed by atoms with E-state index in [0.717, 1.165) is 45.1 Å². The van der Waals surface area contributed by atoms with Gasteiger partial charge in [-0.15, -0.1) is 11.3 Å². The zero-order chi connectivity index (χ0) is 15.7. The molecule has 0 aliphatic carbocycles. The summed E-state index contributed by atoms with van der Waals surface area (Å²) in [5, 5.41) is 1.85. The molecule has 0 radical (unpaired) electrons. The third-order valence-electron chi connectivity index (χ3n) is 5.82. The Kier molecular flexibility index (Phi) is 4.39. The van der Waals surface area contributed by atoms with E-state index >= 15 is 0 Å². The number of piperidine rings is 1. The van der Waals surface area contributed by atoms with Crippen LogP contribution in [0.25, 0.3) is 0 Å². The summed E-state index contributed by atoms with van der Waals surface area (Å²) in [5.74, 6) is 0.843. The van der Waals surface area contributed by atoms with E-state index in [0.29, 0.717) is 11.1 Å². The van der Waals surface area contributed by atoms with E-state index in [1.807, 2.05) is 10.3 Å². The molecule has 3 fully saturated rings. The molecule has 1 spiro atoms. The molecule has 126 valence electrons. The number of rotatable bonds is 3. The second kappa shape index (κ2) is 6.49. The molecule has 1 unspecified atom stereocenters. The Bertz CT molecular complexity index is 534. The molecular weight excluding hydrogens is 310 g/mol. The smallest absolute Gasteiger partial charge is 0.273 e. The molecule has 1 aromatic rings. The average Bonchev–Trinajstić information content (AvgIpc) is 3.31. The molecule has 3 aliphatic heterocycles. The number of ether oxygens (including phenoxy) is 1. The lowest BCUT2D eigenvalue weighted by Gasteiger charge is -2.39. The number of carbonyl (C=O) groups is 1. The monoisotopic (exact) mass is 335 g/mol. The van der Waals surface area contributed by atoms with Crippen molar-refractivity contribution in [3.63, 3.8) is 0 Å². The van der Waals surface area contributed by atoms with Gasteiger partial charge in [-0.1, -0.05) is 0 Å². The molecule has 6 heteroatoms. The van der Waals surface area contributed by atoms with Crippen molar-refractivity contribution in [3.05, 3.63) is 16.6 Å². The molecule has 1 atom stereocenters. The second-order valence-electron chi connectivity index (χ2n) is 7.38. The van der Waals surface area contributed by atoms with Crippen molar-refractivity contribution in [1.82, 2.24) is 14.8 Å². The van der Waals surface area contributed by atoms with Gasteiger partial charge in [0.15, 0.2) is 0 Å². The van der Waals surface area contributed by atoms with Gasteiger partial charge in [0.2, 0.25) is 0 Å². The number of hydrogen-bond donors (Lipinski definition) is 0. The molecule has 0 bridgehead atoms. The lowest BCUT2D eigenvalue weighted by Crippen LogP contribution is -2.44. The van der Waals surface area contributed by atoms with E-state index in [1.54, 1.807) is 5.51 Å². The predicted molar refractivity (Wildman–Crippen MR) is 89.7 cm³/mol. The first-order chi connectivity index (χ1) is 11.2. The number of hydrogen-bond acceptors (Lipinski definition) is 5. The molecule has 1 aromatic heterocycles. The van der Waals surface area contributed by atoms with Crippen LogP contribution in [0, 0.1) is 11.3 Å². The van der Waals surface area contributed by atoms with E-state index in [2.05, 4.69) is 9.88 Å². The van der Waals surface area contributed by atoms with Gasteiger partial charge in [-0.3, -0.25) is 4.79 Å². The first kappa shape index (κ1) is 15.5. The number of carbonyl (C=O) groups excluding carboxylic acids is 1. The summed E-state index contributed by atoms with van der Waals surface area (Å²) in [6.07, 6.45) is 4.79. The Morgan fingerprint density at radius 1 is 1.35 bits per heavy atom. The third-order valence-corrected chi connectivity index (χ3v) is 6.41. The summed E-state index contributed by atoms with van der Waals surface area (Å²) >= 11 is 1.49. The van der Waals surface area contributed by atoms with Crippen LogP contribution in [0.4, 0.5) is 0 Å². The highest BCUT2D eigenvalue weighted by molar-refractivity contribution is 7.07. The van der Waals surface area contributed by atoms with Crippen LogP contribution in [0.5, 0.6) is 0 Å². The van der Waals surface area contributed by atoms with Crippen LogP contribution in [0.2, 0.25) is 0 Å². The topological polar surface area (TPSA) is 45.7 Å². The summed E-state index contributed by atoms with van der Waals surface area (Å²) in [6, 6.07) is 0. The van der Waals surface area contributed by atoms with Crippen molar-refractivity contribution in [2.75, 3.05) is 45.9 Å². The molecule has 0 aromatic carbocycles. The lowest BCUT2D eigenvalue weighted by atomic mass is 9.77. The summed E-state index contributed by atoms with van der Waals surface area (Å²) in [4.78, 5) is 21.2. The van der Waals surface area contributed by atoms with Gasteiger partial charge >= 0.3 is 0 Å². The van der Waals surface area contributed by atoms with Crippen LogP contribution in [-0.4, -0.2) is 66.6 Å². The van der Waals surface area contributed by atoms with Crippen molar-refractivity contribution in [2.24, 2.45) is 11.3 Å². The van der Waals surface area contributed by atoms with Crippen molar-refractivity contribution in [3.8, 4) is 0 Å². The van der Waals surface area contributed by atoms with Crippen molar-refractivity contribution >= 4 is 17.2 Å². The Labute approximate surface area is 141 Å². The Hall–Kier alpha value is -0.980. The van der Waals surface area contributed by atoms with Gasteiger partial charge in [-0.05, 0) is 43.6 Å². The summed E-state index contributed by atoms with van der Waals surface area (Å²) in [6.45, 7) is 7.28. The molecule has 1 amide bonds. The van der Waals surface area contributed by atoms with Crippen LogP contribution in [-0.2, 0) is 4.74 Å². The summed E-state index contributed by atoms with van der Waals surface area (Å²) in [5.41, 5.74) is 2.79. The normalized spacial score (nSPS) is 27.8. The SMILES string of the molecule is O=C(c1cscn1)N1CCC2(CCN(CC3CCOC3)C2)CC1. The highest BCUT2D eigenvalue weighted by Gasteiger charge is 2.42. The maximum absolute atomic E-state index is 12.4. The first-order valence-electron chi connectivity index (χ1n) is 8.72. The maximum Gasteiger partial charge on any atom is 0.273 e. The van der Waals surface area contributed by atoms with Crippen molar-refractivity contribution < 1.29 is 9.53 Å². The molecule has 23 heavy (non-hydrogen) atoms. The van der Waals surface area contributed by atoms with Gasteiger partial charge in [0.05, 0.1) is 12.1 Å². The molecule has 5 nitrogen and oxygen atoms in total. The van der Waals surface area contributed by atoms with E-state index in [-0.39, 0.29) is 5.91 Å². The number of nitrogens with zero attached hydrogens (tertiary/aromatic N) is 3. The fraction of sp³-hybridized carbons (Fsp3) is 0.765. The minimum atomic E-state index is 0.110. The zero-order valence-corrected chi connectivity index (χ0v) is 14.4. The minimum Gasteiger partial charge on any atom is -0.381 e. The summed E-state index contributed by atoms with van der Waals surface area (Å²) in [7, 11) is 0. The molecule has 4 rings (SSSR count). The van der Waals surface area contributed by atoms with Crippen LogP contribution in [0.3, 0.4) is 0 Å². The Morgan fingerprint density at radius 3 is 2.87 bits per heavy atom. The van der Waals surface area contributed by atoms with Gasteiger partial charge in [-0.25, -0.2) is 4.98 Å². The molecule has 0 N–H and O–H groups in total. The molecule has 0 saturated carbocycles. The molecule has 3 saturated heterocycles. The number of thiazole rings is 1. The summed E-state index contributed by atoms with van der Waals surface area (Å²) < 4.78 is 5.50. The second-order valence-corrected chi connectivity index (χ2v) is 8.10. The lowest BCUT2D eigenvalue weighted by molar-refractivity contribution is 0.0580. The van der Waals surface area contributed by atoms with Crippen LogP contribution < -0.4 is 0 Å². The zero-order valence-electron chi connectivity index (χ0n) is 13.6. The highest BCUT2D eigenvalue weighted by Crippen LogP contribution is 2.41. The van der Waals surface area contributed by atoms with E-state index in [9.17, 15) is 4.79 Å². The van der Waals surface area contributed by atoms with Gasteiger partial charge in [0.1, 0.15) is 5.69 Å². The predicted octanol–water partition coefficient (Wildman–Crippen LogP) is 2.11. The maximum atomic E-state index is 12.4. The average molecular weight is 335 g/mol. The Morgan fingerprint density at radius 2 is 2.17 bits per heavy atom. The highest BCUT2D eigenvalue weighted by atomic mass is 32.1. The molecule has 4 heterocycles. The fourth-order valence-electron chi connectivity index (χ4n) is 4.35. The standard InChI is InChI=1S/C17H25N3O2S/c21-16(15-11-23-13-18-15)20-6-3-17(4-7-20)2-5-19(12-17)9-14-1-8-22-10-14/h11,13-14H,1-10,12H2. The molecular formula is C17H25N3O2S. The van der Waals surface area contributed by atoms with E-state index < -0.39 is 0 Å². The van der Waals surface area contributed by atoms with Gasteiger partial charge in [-0.2, -0.15) is 0 Å². The third kappa shape index (κ3) is 3.30. The van der Waals surface area contributed by atoms with Crippen LogP contribution in [0.1, 0.15) is 36.2 Å². The van der Waals surface area contributed by atoms with Crippen LogP contribution in [0.15, 0.2) is 10.9 Å². The quantitative estimate of drug-likeness (QED) is 0.849. The van der Waals surface area contributed by atoms with Crippen LogP contribution >= 0.6 is 11.3 Å². The largest absolute Gasteiger partial charge is 0.381 e. The number of amides is 1. The first-order valence-corrected chi connectivity index (χ1v) is 9.66. The van der Waals surface area contributed by atoms with E-state index in [1.165, 1.54) is 43.8 Å². The van der Waals surface area contributed by atoms with Gasteiger partial charge in [0, 0.05) is 38.2 Å².